The van der Waals surface area contributed by atoms with Gasteiger partial charge in [-0.15, -0.1) is 23.5 Å². The number of hydrogen-bond acceptors (Lipinski definition) is 9. The molecule has 1 aliphatic carbocycles. The molecular weight excluding hydrogens is 723 g/mol. The molecule has 4 amide bonds. The van der Waals surface area contributed by atoms with E-state index in [1.54, 1.807) is 50.5 Å². The Balaban J connectivity index is 1.55. The summed E-state index contributed by atoms with van der Waals surface area (Å²) in [6.07, 6.45) is 6.94. The molecule has 1 aliphatic heterocycles. The minimum Gasteiger partial charge on any atom is -0.444 e. The van der Waals surface area contributed by atoms with Crippen molar-refractivity contribution in [2.45, 2.75) is 133 Å². The molecule has 1 saturated carbocycles. The van der Waals surface area contributed by atoms with Crippen LogP contribution in [0.15, 0.2) is 54.7 Å². The highest BCUT2D eigenvalue weighted by molar-refractivity contribution is 8.20. The molecule has 1 aromatic carbocycles. The minimum absolute atomic E-state index is 0.0677. The summed E-state index contributed by atoms with van der Waals surface area (Å²) in [5.41, 5.74) is 0.905. The number of carbonyl (C=O) groups excluding carboxylic acids is 4. The molecule has 2 heterocycles. The van der Waals surface area contributed by atoms with E-state index in [0.29, 0.717) is 30.9 Å². The Morgan fingerprint density at radius 2 is 1.59 bits per heavy atom. The quantitative estimate of drug-likeness (QED) is 0.122. The number of aliphatic hydroxyl groups excluding tert-OH is 1. The number of ether oxygens (including phenoxy) is 1. The van der Waals surface area contributed by atoms with Gasteiger partial charge < -0.3 is 31.1 Å². The molecule has 54 heavy (non-hydrogen) atoms. The van der Waals surface area contributed by atoms with Gasteiger partial charge in [-0.05, 0) is 69.6 Å². The van der Waals surface area contributed by atoms with E-state index < -0.39 is 41.8 Å². The van der Waals surface area contributed by atoms with Crippen molar-refractivity contribution in [3.05, 3.63) is 66.0 Å². The average molecular weight is 784 g/mol. The number of aromatic nitrogens is 1. The molecule has 1 saturated heterocycles. The van der Waals surface area contributed by atoms with E-state index in [1.165, 1.54) is 6.42 Å². The number of rotatable bonds is 18. The van der Waals surface area contributed by atoms with Crippen LogP contribution in [0, 0.1) is 17.8 Å². The zero-order valence-electron chi connectivity index (χ0n) is 32.6. The first-order chi connectivity index (χ1) is 25.8. The van der Waals surface area contributed by atoms with Gasteiger partial charge in [0, 0.05) is 23.6 Å². The fourth-order valence-corrected chi connectivity index (χ4v) is 9.99. The molecule has 13 heteroatoms. The molecular formula is C41H61N5O6S2. The monoisotopic (exact) mass is 783 g/mol. The standard InChI is InChI=1S/C41H61N5O6S2/c1-6-27(2)34(37(49)43-26-31-19-13-14-20-42-31)45-36(48)30(23-28-15-9-7-10-16-28)25-33(47)32(24-29-17-11-8-12-18-29)44-38(50)35(39-53-21-22-54-39)46-40(51)52-41(3,4)5/h7,9-10,13-16,19-20,27,29-30,32-35,39,47H,6,8,11-12,17-18,21-26H2,1-5H3,(H,43,49)(H,44,50)(H,45,48)(H,46,51)/t27-,30-,32+,33+,34+,35-/m1/s1. The number of hydrogen-bond donors (Lipinski definition) is 5. The van der Waals surface area contributed by atoms with Crippen LogP contribution in [0.4, 0.5) is 4.79 Å². The van der Waals surface area contributed by atoms with Crippen LogP contribution in [-0.2, 0) is 32.1 Å². The fraction of sp³-hybridized carbons (Fsp3) is 0.634. The van der Waals surface area contributed by atoms with Crippen molar-refractivity contribution in [2.24, 2.45) is 17.8 Å². The summed E-state index contributed by atoms with van der Waals surface area (Å²) in [5, 5.41) is 24.0. The first kappa shape index (κ1) is 43.4. The Morgan fingerprint density at radius 1 is 0.907 bits per heavy atom. The molecule has 1 aromatic heterocycles. The average Bonchev–Trinajstić information content (AvgIpc) is 3.69. The summed E-state index contributed by atoms with van der Waals surface area (Å²) in [5.74, 6) is 0.178. The fourth-order valence-electron chi connectivity index (χ4n) is 7.03. The van der Waals surface area contributed by atoms with Gasteiger partial charge in [0.2, 0.25) is 17.7 Å². The van der Waals surface area contributed by atoms with Gasteiger partial charge in [0.05, 0.1) is 29.0 Å². The van der Waals surface area contributed by atoms with Gasteiger partial charge in [-0.3, -0.25) is 19.4 Å². The lowest BCUT2D eigenvalue weighted by molar-refractivity contribution is -0.133. The Kier molecular flexibility index (Phi) is 17.5. The second kappa shape index (κ2) is 21.7. The number of alkyl carbamates (subject to hydrolysis) is 1. The first-order valence-electron chi connectivity index (χ1n) is 19.6. The normalized spacial score (nSPS) is 18.7. The van der Waals surface area contributed by atoms with E-state index in [1.807, 2.05) is 62.4 Å². The second-order valence-corrected chi connectivity index (χ2v) is 18.5. The van der Waals surface area contributed by atoms with Crippen molar-refractivity contribution < 1.29 is 29.0 Å². The van der Waals surface area contributed by atoms with Crippen molar-refractivity contribution >= 4 is 47.3 Å². The van der Waals surface area contributed by atoms with Gasteiger partial charge in [0.25, 0.3) is 0 Å². The predicted octanol–water partition coefficient (Wildman–Crippen LogP) is 5.99. The number of carbonyl (C=O) groups is 4. The van der Waals surface area contributed by atoms with Crippen molar-refractivity contribution in [2.75, 3.05) is 11.5 Å². The largest absolute Gasteiger partial charge is 0.444 e. The molecule has 11 nitrogen and oxygen atoms in total. The van der Waals surface area contributed by atoms with Crippen molar-refractivity contribution in [3.63, 3.8) is 0 Å². The molecule has 5 N–H and O–H groups in total. The summed E-state index contributed by atoms with van der Waals surface area (Å²) in [7, 11) is 0. The minimum atomic E-state index is -1.07. The Hall–Kier alpha value is -3.29. The lowest BCUT2D eigenvalue weighted by Crippen LogP contribution is -2.57. The van der Waals surface area contributed by atoms with Crippen molar-refractivity contribution in [1.29, 1.82) is 0 Å². The van der Waals surface area contributed by atoms with Crippen LogP contribution in [0.5, 0.6) is 0 Å². The van der Waals surface area contributed by atoms with Gasteiger partial charge >= 0.3 is 6.09 Å². The molecule has 6 atom stereocenters. The maximum atomic E-state index is 14.3. The molecule has 0 bridgehead atoms. The molecule has 0 spiro atoms. The van der Waals surface area contributed by atoms with Crippen LogP contribution >= 0.6 is 23.5 Å². The maximum Gasteiger partial charge on any atom is 0.408 e. The Labute approximate surface area is 330 Å². The van der Waals surface area contributed by atoms with Crippen molar-refractivity contribution in [1.82, 2.24) is 26.3 Å². The van der Waals surface area contributed by atoms with Gasteiger partial charge in [-0.1, -0.05) is 88.8 Å². The SMILES string of the molecule is CC[C@@H](C)[C@H](NC(=O)[C@H](Cc1ccccc1)C[C@H](O)[C@H](CC1CCCCC1)NC(=O)[C@@H](NC(=O)OC(C)(C)C)C1SCCS1)C(=O)NCc1ccccn1. The third kappa shape index (κ3) is 14.4. The first-order valence-corrected chi connectivity index (χ1v) is 21.7. The highest BCUT2D eigenvalue weighted by Crippen LogP contribution is 2.35. The summed E-state index contributed by atoms with van der Waals surface area (Å²) < 4.78 is 5.32. The third-order valence-electron chi connectivity index (χ3n) is 10.2. The summed E-state index contributed by atoms with van der Waals surface area (Å²) in [4.78, 5) is 59.2. The second-order valence-electron chi connectivity index (χ2n) is 15.7. The van der Waals surface area contributed by atoms with Crippen LogP contribution in [0.25, 0.3) is 0 Å². The maximum absolute atomic E-state index is 14.3. The topological polar surface area (TPSA) is 159 Å². The van der Waals surface area contributed by atoms with Crippen LogP contribution in [0.1, 0.15) is 97.2 Å². The number of benzene rings is 1. The molecule has 2 aliphatic rings. The Bertz CT molecular complexity index is 1470. The van der Waals surface area contributed by atoms with Crippen LogP contribution in [0.3, 0.4) is 0 Å². The van der Waals surface area contributed by atoms with Crippen molar-refractivity contribution in [3.8, 4) is 0 Å². The Morgan fingerprint density at radius 3 is 2.22 bits per heavy atom. The molecule has 298 valence electrons. The van der Waals surface area contributed by atoms with E-state index in [0.717, 1.165) is 42.8 Å². The highest BCUT2D eigenvalue weighted by Gasteiger charge is 2.38. The molecule has 0 radical (unpaired) electrons. The van der Waals surface area contributed by atoms with E-state index in [4.69, 9.17) is 4.74 Å². The number of thioether (sulfide) groups is 2. The number of amides is 4. The van der Waals surface area contributed by atoms with Crippen LogP contribution in [0.2, 0.25) is 0 Å². The zero-order valence-corrected chi connectivity index (χ0v) is 34.2. The summed E-state index contributed by atoms with van der Waals surface area (Å²) >= 11 is 3.24. The van der Waals surface area contributed by atoms with E-state index in [9.17, 15) is 24.3 Å². The number of aliphatic hydroxyl groups is 1. The molecule has 2 aromatic rings. The third-order valence-corrected chi connectivity index (χ3v) is 13.3. The molecule has 2 fully saturated rings. The van der Waals surface area contributed by atoms with E-state index in [-0.39, 0.29) is 41.2 Å². The molecule has 0 unspecified atom stereocenters. The van der Waals surface area contributed by atoms with E-state index >= 15 is 0 Å². The number of nitrogens with one attached hydrogen (secondary N) is 4. The predicted molar refractivity (Wildman–Crippen MR) is 217 cm³/mol. The van der Waals surface area contributed by atoms with E-state index in [2.05, 4.69) is 26.3 Å². The molecule has 4 rings (SSSR count). The van der Waals surface area contributed by atoms with Gasteiger partial charge in [-0.25, -0.2) is 4.79 Å². The van der Waals surface area contributed by atoms with Gasteiger partial charge in [0.15, 0.2) is 0 Å². The van der Waals surface area contributed by atoms with Gasteiger partial charge in [0.1, 0.15) is 17.7 Å². The van der Waals surface area contributed by atoms with Crippen LogP contribution < -0.4 is 21.3 Å². The lowest BCUT2D eigenvalue weighted by Gasteiger charge is -2.34. The summed E-state index contributed by atoms with van der Waals surface area (Å²) in [6.45, 7) is 9.48. The zero-order chi connectivity index (χ0) is 39.1. The number of nitrogens with zero attached hydrogens (tertiary/aromatic N) is 1. The summed E-state index contributed by atoms with van der Waals surface area (Å²) in [6, 6.07) is 12.8. The highest BCUT2D eigenvalue weighted by atomic mass is 32.2. The smallest absolute Gasteiger partial charge is 0.408 e. The number of pyridine rings is 1. The van der Waals surface area contributed by atoms with Gasteiger partial charge in [-0.2, -0.15) is 0 Å². The van der Waals surface area contributed by atoms with Crippen LogP contribution in [-0.4, -0.2) is 79.8 Å². The lowest BCUT2D eigenvalue weighted by atomic mass is 9.81.